The van der Waals surface area contributed by atoms with Crippen LogP contribution >= 0.6 is 0 Å². The lowest BCUT2D eigenvalue weighted by molar-refractivity contribution is 0.187. The van der Waals surface area contributed by atoms with Crippen molar-refractivity contribution in [3.8, 4) is 11.5 Å². The number of hydrogen-bond donors (Lipinski definition) is 0. The number of ether oxygens (including phenoxy) is 1. The van der Waals surface area contributed by atoms with Crippen molar-refractivity contribution in [3.05, 3.63) is 28.9 Å². The predicted molar refractivity (Wildman–Crippen MR) is 96.6 cm³/mol. The van der Waals surface area contributed by atoms with E-state index in [9.17, 15) is 0 Å². The Kier molecular flexibility index (Phi) is 4.99. The summed E-state index contributed by atoms with van der Waals surface area (Å²) in [6.45, 7) is 7.01. The Bertz CT molecular complexity index is 1030. The quantitative estimate of drug-likeness (QED) is 0.635. The molecule has 8 nitrogen and oxygen atoms in total. The maximum absolute atomic E-state index is 5.26. The predicted octanol–water partition coefficient (Wildman–Crippen LogP) is 0.572. The molecule has 0 aliphatic carbocycles. The van der Waals surface area contributed by atoms with Crippen LogP contribution in [0.4, 0.5) is 0 Å². The van der Waals surface area contributed by atoms with Gasteiger partial charge in [-0.1, -0.05) is 6.08 Å². The topological polar surface area (TPSA) is 82.5 Å². The highest BCUT2D eigenvalue weighted by Crippen LogP contribution is 2.13. The highest BCUT2D eigenvalue weighted by Gasteiger charge is 2.13. The third-order valence-corrected chi connectivity index (χ3v) is 3.87. The molecule has 0 radical (unpaired) electrons. The molecule has 0 aliphatic rings. The van der Waals surface area contributed by atoms with Gasteiger partial charge in [0, 0.05) is 26.1 Å². The molecule has 0 aliphatic heterocycles. The van der Waals surface area contributed by atoms with E-state index in [-0.39, 0.29) is 0 Å². The summed E-state index contributed by atoms with van der Waals surface area (Å²) in [5.41, 5.74) is 1.45. The first-order valence-electron chi connectivity index (χ1n) is 8.07. The number of aliphatic imine (C=N–C) groups is 1. The maximum Gasteiger partial charge on any atom is 0.179 e. The van der Waals surface area contributed by atoms with E-state index in [1.165, 1.54) is 0 Å². The number of nitrogens with zero attached hydrogens (tertiary/aromatic N) is 7. The van der Waals surface area contributed by atoms with E-state index in [4.69, 9.17) is 9.72 Å². The maximum atomic E-state index is 5.26. The van der Waals surface area contributed by atoms with E-state index in [0.29, 0.717) is 18.8 Å². The van der Waals surface area contributed by atoms with Crippen molar-refractivity contribution in [1.29, 1.82) is 0 Å². The summed E-state index contributed by atoms with van der Waals surface area (Å²) in [7, 11) is 1.69. The lowest BCUT2D eigenvalue weighted by Crippen LogP contribution is -2.30. The second-order valence-electron chi connectivity index (χ2n) is 5.42. The van der Waals surface area contributed by atoms with Crippen molar-refractivity contribution in [2.24, 2.45) is 4.99 Å². The third-order valence-electron chi connectivity index (χ3n) is 3.87. The van der Waals surface area contributed by atoms with Crippen LogP contribution in [0.25, 0.3) is 29.4 Å². The molecular formula is C17H21N7O. The lowest BCUT2D eigenvalue weighted by Gasteiger charge is -2.08. The van der Waals surface area contributed by atoms with Gasteiger partial charge in [0.15, 0.2) is 11.5 Å². The first-order chi connectivity index (χ1) is 12.2. The Morgan fingerprint density at radius 2 is 2.12 bits per heavy atom. The van der Waals surface area contributed by atoms with Crippen molar-refractivity contribution in [2.45, 2.75) is 27.3 Å². The van der Waals surface area contributed by atoms with Gasteiger partial charge in [0.2, 0.25) is 0 Å². The smallest absolute Gasteiger partial charge is 0.179 e. The van der Waals surface area contributed by atoms with Crippen LogP contribution in [0.2, 0.25) is 0 Å². The van der Waals surface area contributed by atoms with Crippen molar-refractivity contribution in [1.82, 2.24) is 29.1 Å². The molecule has 25 heavy (non-hydrogen) atoms. The second-order valence-corrected chi connectivity index (χ2v) is 5.42. The van der Waals surface area contributed by atoms with Gasteiger partial charge in [-0.15, -0.1) is 10.2 Å². The first-order valence-corrected chi connectivity index (χ1v) is 8.07. The van der Waals surface area contributed by atoms with Crippen molar-refractivity contribution in [3.63, 3.8) is 0 Å². The fourth-order valence-corrected chi connectivity index (χ4v) is 2.66. The zero-order chi connectivity index (χ0) is 17.8. The summed E-state index contributed by atoms with van der Waals surface area (Å²) in [6, 6.07) is 0. The molecule has 3 aromatic heterocycles. The Hall–Kier alpha value is -2.87. The number of rotatable bonds is 5. The molecule has 0 fully saturated rings. The summed E-state index contributed by atoms with van der Waals surface area (Å²) in [5.74, 6) is 1.57. The average molecular weight is 339 g/mol. The van der Waals surface area contributed by atoms with E-state index < -0.39 is 0 Å². The van der Waals surface area contributed by atoms with Gasteiger partial charge < -0.3 is 9.30 Å². The van der Waals surface area contributed by atoms with Crippen LogP contribution in [0.1, 0.15) is 19.7 Å². The third kappa shape index (κ3) is 3.20. The molecule has 0 saturated carbocycles. The van der Waals surface area contributed by atoms with Crippen molar-refractivity contribution < 1.29 is 4.74 Å². The molecule has 0 saturated heterocycles. The molecule has 130 valence electrons. The number of imidazole rings is 1. The molecule has 0 aromatic carbocycles. The minimum atomic E-state index is 0.578. The number of aromatic nitrogens is 6. The summed E-state index contributed by atoms with van der Waals surface area (Å²) >= 11 is 0. The van der Waals surface area contributed by atoms with Gasteiger partial charge >= 0.3 is 0 Å². The number of methoxy groups -OCH3 is 1. The molecular weight excluding hydrogens is 318 g/mol. The number of aryl methyl sites for hydroxylation is 1. The summed E-state index contributed by atoms with van der Waals surface area (Å²) in [6.07, 6.45) is 9.12. The van der Waals surface area contributed by atoms with Gasteiger partial charge in [0.05, 0.1) is 24.4 Å². The Balaban J connectivity index is 2.25. The fraction of sp³-hybridized carbons (Fsp3) is 0.353. The molecule has 0 bridgehead atoms. The largest absolute Gasteiger partial charge is 0.383 e. The van der Waals surface area contributed by atoms with Gasteiger partial charge in [0.25, 0.3) is 0 Å². The van der Waals surface area contributed by atoms with Gasteiger partial charge in [-0.05, 0) is 20.8 Å². The van der Waals surface area contributed by atoms with E-state index in [2.05, 4.69) is 24.7 Å². The highest BCUT2D eigenvalue weighted by molar-refractivity contribution is 5.58. The molecule has 3 aromatic rings. The minimum Gasteiger partial charge on any atom is -0.383 e. The molecule has 0 unspecified atom stereocenters. The SMILES string of the molecule is CC=N/C=c1/nc(-c2cn3c(C)nnc3cn2)n(CCOC)/c1=C/C. The van der Waals surface area contributed by atoms with Crippen LogP contribution in [0.3, 0.4) is 0 Å². The molecule has 3 rings (SSSR count). The summed E-state index contributed by atoms with van der Waals surface area (Å²) in [4.78, 5) is 13.5. The van der Waals surface area contributed by atoms with Crippen LogP contribution in [-0.4, -0.2) is 49.1 Å². The number of hydrogen-bond acceptors (Lipinski definition) is 6. The zero-order valence-electron chi connectivity index (χ0n) is 14.8. The Morgan fingerprint density at radius 3 is 2.84 bits per heavy atom. The first kappa shape index (κ1) is 17.0. The van der Waals surface area contributed by atoms with E-state index >= 15 is 0 Å². The van der Waals surface area contributed by atoms with Crippen LogP contribution in [0.5, 0.6) is 0 Å². The average Bonchev–Trinajstić information content (AvgIpc) is 3.18. The Morgan fingerprint density at radius 1 is 1.28 bits per heavy atom. The normalized spacial score (nSPS) is 13.6. The molecule has 0 atom stereocenters. The molecule has 3 heterocycles. The summed E-state index contributed by atoms with van der Waals surface area (Å²) < 4.78 is 9.25. The second kappa shape index (κ2) is 7.35. The molecule has 0 amide bonds. The highest BCUT2D eigenvalue weighted by atomic mass is 16.5. The van der Waals surface area contributed by atoms with E-state index in [0.717, 1.165) is 28.0 Å². The van der Waals surface area contributed by atoms with E-state index in [1.807, 2.05) is 37.4 Å². The fourth-order valence-electron chi connectivity index (χ4n) is 2.66. The minimum absolute atomic E-state index is 0.578. The van der Waals surface area contributed by atoms with Crippen LogP contribution in [0, 0.1) is 6.92 Å². The van der Waals surface area contributed by atoms with Crippen LogP contribution < -0.4 is 10.7 Å². The van der Waals surface area contributed by atoms with Crippen LogP contribution in [-0.2, 0) is 11.3 Å². The number of fused-ring (bicyclic) bond motifs is 1. The van der Waals surface area contributed by atoms with Gasteiger partial charge in [-0.3, -0.25) is 9.39 Å². The molecule has 0 N–H and O–H groups in total. The van der Waals surface area contributed by atoms with Gasteiger partial charge in [-0.2, -0.15) is 0 Å². The Labute approximate surface area is 145 Å². The van der Waals surface area contributed by atoms with Gasteiger partial charge in [0.1, 0.15) is 16.9 Å². The molecule has 0 spiro atoms. The zero-order valence-corrected chi connectivity index (χ0v) is 14.8. The van der Waals surface area contributed by atoms with Crippen LogP contribution in [0.15, 0.2) is 17.4 Å². The molecule has 8 heteroatoms. The standard InChI is InChI=1S/C17H21N7O/c1-5-15-13(9-18-6-2)20-17(23(15)7-8-25-4)14-11-24-12(3)21-22-16(24)10-19-14/h5-6,9-11H,7-8H2,1-4H3/b13-9+,15-5+,18-6?. The van der Waals surface area contributed by atoms with Crippen molar-refractivity contribution >= 4 is 24.1 Å². The lowest BCUT2D eigenvalue weighted by atomic mass is 10.4. The monoisotopic (exact) mass is 339 g/mol. The van der Waals surface area contributed by atoms with Gasteiger partial charge in [-0.25, -0.2) is 9.97 Å². The summed E-state index contributed by atoms with van der Waals surface area (Å²) in [5, 5.41) is 9.94. The van der Waals surface area contributed by atoms with Crippen molar-refractivity contribution in [2.75, 3.05) is 13.7 Å². The van der Waals surface area contributed by atoms with E-state index in [1.54, 1.807) is 25.7 Å².